The quantitative estimate of drug-likeness (QED) is 0.727. The highest BCUT2D eigenvalue weighted by Gasteiger charge is 2.39. The maximum absolute atomic E-state index is 12.0. The van der Waals surface area contributed by atoms with Crippen LogP contribution in [0.3, 0.4) is 0 Å². The Balaban J connectivity index is 1.76. The molecule has 20 heavy (non-hydrogen) atoms. The second-order valence-electron chi connectivity index (χ2n) is 5.84. The van der Waals surface area contributed by atoms with Crippen LogP contribution in [-0.2, 0) is 19.1 Å². The number of carbonyl (C=O) groups is 2. The number of carboxylic acid groups (broad SMARTS) is 1. The molecule has 1 saturated heterocycles. The summed E-state index contributed by atoms with van der Waals surface area (Å²) < 4.78 is 10.4. The third kappa shape index (κ3) is 3.49. The molecule has 114 valence electrons. The van der Waals surface area contributed by atoms with E-state index in [9.17, 15) is 9.59 Å². The minimum absolute atomic E-state index is 0.163. The van der Waals surface area contributed by atoms with Crippen molar-refractivity contribution in [2.45, 2.75) is 50.7 Å². The van der Waals surface area contributed by atoms with Crippen LogP contribution in [0.5, 0.6) is 0 Å². The molecule has 6 nitrogen and oxygen atoms in total. The third-order valence-electron chi connectivity index (χ3n) is 4.48. The van der Waals surface area contributed by atoms with Crippen LogP contribution in [0.1, 0.15) is 38.5 Å². The molecule has 1 aliphatic heterocycles. The fourth-order valence-corrected chi connectivity index (χ4v) is 2.91. The van der Waals surface area contributed by atoms with E-state index in [0.717, 1.165) is 19.3 Å². The molecule has 1 heterocycles. The molecule has 1 saturated carbocycles. The number of amides is 1. The monoisotopic (exact) mass is 285 g/mol. The van der Waals surface area contributed by atoms with Crippen LogP contribution in [0.2, 0.25) is 0 Å². The Hall–Kier alpha value is -1.14. The zero-order chi connectivity index (χ0) is 14.6. The lowest BCUT2D eigenvalue weighted by atomic mass is 9.66. The molecule has 0 spiro atoms. The first kappa shape index (κ1) is 15.3. The predicted molar refractivity (Wildman–Crippen MR) is 71.3 cm³/mol. The summed E-state index contributed by atoms with van der Waals surface area (Å²) >= 11 is 0. The standard InChI is InChI=1S/C14H23NO5/c1-19-8-7-14(5-2-6-14)9-15-12(16)10-3-4-11(20-10)13(17)18/h10-11H,2-9H2,1H3,(H,15,16)(H,17,18)/t10-,11+/m0/s1. The van der Waals surface area contributed by atoms with Crippen LogP contribution in [0.4, 0.5) is 0 Å². The SMILES string of the molecule is COCCC1(CNC(=O)[C@@H]2CC[C@H](C(=O)O)O2)CCC1. The Morgan fingerprint density at radius 2 is 2.05 bits per heavy atom. The summed E-state index contributed by atoms with van der Waals surface area (Å²) in [5.41, 5.74) is 0.163. The smallest absolute Gasteiger partial charge is 0.332 e. The predicted octanol–water partition coefficient (Wildman–Crippen LogP) is 0.942. The van der Waals surface area contributed by atoms with Crippen molar-refractivity contribution < 1.29 is 24.2 Å². The summed E-state index contributed by atoms with van der Waals surface area (Å²) in [6, 6.07) is 0. The van der Waals surface area contributed by atoms with Crippen molar-refractivity contribution in [1.29, 1.82) is 0 Å². The van der Waals surface area contributed by atoms with Crippen LogP contribution in [0.15, 0.2) is 0 Å². The first-order chi connectivity index (χ1) is 9.56. The number of rotatable bonds is 7. The van der Waals surface area contributed by atoms with E-state index in [4.69, 9.17) is 14.6 Å². The Morgan fingerprint density at radius 1 is 1.35 bits per heavy atom. The van der Waals surface area contributed by atoms with E-state index in [-0.39, 0.29) is 11.3 Å². The number of aliphatic carboxylic acids is 1. The zero-order valence-corrected chi connectivity index (χ0v) is 11.9. The maximum Gasteiger partial charge on any atom is 0.332 e. The van der Waals surface area contributed by atoms with Crippen molar-refractivity contribution >= 4 is 11.9 Å². The molecule has 2 atom stereocenters. The first-order valence-electron chi connectivity index (χ1n) is 7.21. The molecule has 0 bridgehead atoms. The molecule has 1 amide bonds. The van der Waals surface area contributed by atoms with Gasteiger partial charge in [0.25, 0.3) is 0 Å². The summed E-state index contributed by atoms with van der Waals surface area (Å²) in [6.07, 6.45) is 3.80. The van der Waals surface area contributed by atoms with E-state index >= 15 is 0 Å². The van der Waals surface area contributed by atoms with Gasteiger partial charge in [-0.05, 0) is 37.5 Å². The average molecular weight is 285 g/mol. The molecule has 0 aromatic carbocycles. The molecule has 2 N–H and O–H groups in total. The van der Waals surface area contributed by atoms with Gasteiger partial charge in [0.1, 0.15) is 6.10 Å². The highest BCUT2D eigenvalue weighted by molar-refractivity contribution is 5.82. The number of nitrogens with one attached hydrogen (secondary N) is 1. The number of carboxylic acids is 1. The van der Waals surface area contributed by atoms with Gasteiger partial charge in [0.15, 0.2) is 6.10 Å². The number of methoxy groups -OCH3 is 1. The molecule has 1 aliphatic carbocycles. The minimum atomic E-state index is -0.990. The maximum atomic E-state index is 12.0. The fraction of sp³-hybridized carbons (Fsp3) is 0.857. The van der Waals surface area contributed by atoms with Gasteiger partial charge in [0, 0.05) is 20.3 Å². The first-order valence-corrected chi connectivity index (χ1v) is 7.21. The fourth-order valence-electron chi connectivity index (χ4n) is 2.91. The summed E-state index contributed by atoms with van der Waals surface area (Å²) in [4.78, 5) is 22.8. The summed E-state index contributed by atoms with van der Waals surface area (Å²) in [5, 5.41) is 11.8. The lowest BCUT2D eigenvalue weighted by Crippen LogP contribution is -2.45. The molecule has 0 unspecified atom stereocenters. The molecule has 0 aromatic rings. The molecule has 0 radical (unpaired) electrons. The van der Waals surface area contributed by atoms with Gasteiger partial charge in [-0.15, -0.1) is 0 Å². The van der Waals surface area contributed by atoms with Crippen LogP contribution in [0.25, 0.3) is 0 Å². The zero-order valence-electron chi connectivity index (χ0n) is 11.9. The van der Waals surface area contributed by atoms with Gasteiger partial charge in [-0.25, -0.2) is 4.79 Å². The van der Waals surface area contributed by atoms with Crippen LogP contribution >= 0.6 is 0 Å². The second-order valence-corrected chi connectivity index (χ2v) is 5.84. The van der Waals surface area contributed by atoms with Crippen molar-refractivity contribution in [3.8, 4) is 0 Å². The van der Waals surface area contributed by atoms with E-state index in [1.54, 1.807) is 7.11 Å². The highest BCUT2D eigenvalue weighted by Crippen LogP contribution is 2.43. The van der Waals surface area contributed by atoms with Gasteiger partial charge in [-0.1, -0.05) is 6.42 Å². The molecule has 2 aliphatic rings. The van der Waals surface area contributed by atoms with Crippen LogP contribution in [0, 0.1) is 5.41 Å². The highest BCUT2D eigenvalue weighted by atomic mass is 16.5. The lowest BCUT2D eigenvalue weighted by molar-refractivity contribution is -0.152. The second kappa shape index (κ2) is 6.54. The average Bonchev–Trinajstić information content (AvgIpc) is 2.86. The van der Waals surface area contributed by atoms with E-state index in [1.807, 2.05) is 0 Å². The van der Waals surface area contributed by atoms with Gasteiger partial charge >= 0.3 is 5.97 Å². The third-order valence-corrected chi connectivity index (χ3v) is 4.48. The molecular formula is C14H23NO5. The van der Waals surface area contributed by atoms with Crippen molar-refractivity contribution in [2.75, 3.05) is 20.3 Å². The molecule has 6 heteroatoms. The van der Waals surface area contributed by atoms with E-state index in [0.29, 0.717) is 26.0 Å². The van der Waals surface area contributed by atoms with E-state index in [2.05, 4.69) is 5.32 Å². The Bertz CT molecular complexity index is 367. The van der Waals surface area contributed by atoms with Gasteiger partial charge < -0.3 is 19.9 Å². The number of hydrogen-bond donors (Lipinski definition) is 2. The van der Waals surface area contributed by atoms with Gasteiger partial charge in [0.2, 0.25) is 5.91 Å². The topological polar surface area (TPSA) is 84.9 Å². The molecule has 2 fully saturated rings. The van der Waals surface area contributed by atoms with Gasteiger partial charge in [-0.2, -0.15) is 0 Å². The van der Waals surface area contributed by atoms with Crippen LogP contribution in [-0.4, -0.2) is 49.5 Å². The van der Waals surface area contributed by atoms with Crippen molar-refractivity contribution in [1.82, 2.24) is 5.32 Å². The summed E-state index contributed by atoms with van der Waals surface area (Å²) in [7, 11) is 1.68. The summed E-state index contributed by atoms with van der Waals surface area (Å²) in [6.45, 7) is 1.34. The van der Waals surface area contributed by atoms with Crippen molar-refractivity contribution in [3.05, 3.63) is 0 Å². The number of hydrogen-bond acceptors (Lipinski definition) is 4. The van der Waals surface area contributed by atoms with Gasteiger partial charge in [-0.3, -0.25) is 4.79 Å². The van der Waals surface area contributed by atoms with Crippen LogP contribution < -0.4 is 5.32 Å². The number of ether oxygens (including phenoxy) is 2. The Labute approximate surface area is 118 Å². The van der Waals surface area contributed by atoms with Crippen molar-refractivity contribution in [2.24, 2.45) is 5.41 Å². The van der Waals surface area contributed by atoms with Gasteiger partial charge in [0.05, 0.1) is 0 Å². The van der Waals surface area contributed by atoms with E-state index < -0.39 is 18.2 Å². The molecule has 0 aromatic heterocycles. The normalized spacial score (nSPS) is 27.9. The largest absolute Gasteiger partial charge is 0.479 e. The summed E-state index contributed by atoms with van der Waals surface area (Å²) in [5.74, 6) is -1.17. The lowest BCUT2D eigenvalue weighted by Gasteiger charge is -2.42. The molecule has 2 rings (SSSR count). The van der Waals surface area contributed by atoms with Crippen molar-refractivity contribution in [3.63, 3.8) is 0 Å². The Kier molecular flexibility index (Phi) is 4.99. The number of carbonyl (C=O) groups excluding carboxylic acids is 1. The Morgan fingerprint density at radius 3 is 2.55 bits per heavy atom. The minimum Gasteiger partial charge on any atom is -0.479 e. The molecular weight excluding hydrogens is 262 g/mol. The van der Waals surface area contributed by atoms with E-state index in [1.165, 1.54) is 6.42 Å².